The van der Waals surface area contributed by atoms with Gasteiger partial charge < -0.3 is 9.47 Å². The highest BCUT2D eigenvalue weighted by molar-refractivity contribution is 6.81. The molecule has 3 aromatic rings. The van der Waals surface area contributed by atoms with Crippen LogP contribution in [0.1, 0.15) is 35.6 Å². The number of esters is 1. The molecule has 2 atom stereocenters. The quantitative estimate of drug-likeness (QED) is 0.316. The van der Waals surface area contributed by atoms with Crippen LogP contribution in [0.15, 0.2) is 91.0 Å². The largest absolute Gasteiger partial charge is 0.464 e. The molecule has 0 aromatic heterocycles. The molecular weight excluding hydrogens is 412 g/mol. The molecule has 0 saturated carbocycles. The standard InChI is InChI=1S/C28H32O3Si/c1-4-30-27(29)28(24-18-12-7-13-19-24)20-25(21-31-28)32(2,3)26(22-14-8-5-9-15-22)23-16-10-6-11-17-23/h5-19,25-26H,4,20-21H2,1-3H3/t25-,28+/m0/s1. The lowest BCUT2D eigenvalue weighted by Crippen LogP contribution is -2.43. The van der Waals surface area contributed by atoms with Crippen molar-refractivity contribution in [1.29, 1.82) is 0 Å². The fourth-order valence-corrected chi connectivity index (χ4v) is 9.08. The van der Waals surface area contributed by atoms with E-state index in [9.17, 15) is 4.79 Å². The zero-order chi connectivity index (χ0) is 22.6. The first-order valence-electron chi connectivity index (χ1n) is 11.5. The summed E-state index contributed by atoms with van der Waals surface area (Å²) in [5, 5.41) is 0. The molecule has 0 amide bonds. The van der Waals surface area contributed by atoms with Crippen molar-refractivity contribution in [2.45, 2.75) is 43.1 Å². The topological polar surface area (TPSA) is 35.5 Å². The first-order chi connectivity index (χ1) is 15.5. The maximum absolute atomic E-state index is 13.2. The third-order valence-corrected chi connectivity index (χ3v) is 11.6. The molecule has 0 bridgehead atoms. The fraction of sp³-hybridized carbons (Fsp3) is 0.321. The second kappa shape index (κ2) is 9.43. The maximum atomic E-state index is 13.2. The predicted octanol–water partition coefficient (Wildman–Crippen LogP) is 6.32. The summed E-state index contributed by atoms with van der Waals surface area (Å²) in [5.41, 5.74) is 3.16. The van der Waals surface area contributed by atoms with Gasteiger partial charge in [0.15, 0.2) is 5.60 Å². The zero-order valence-corrected chi connectivity index (χ0v) is 20.2. The van der Waals surface area contributed by atoms with E-state index in [1.165, 1.54) is 11.1 Å². The van der Waals surface area contributed by atoms with Gasteiger partial charge in [-0.2, -0.15) is 0 Å². The van der Waals surface area contributed by atoms with Crippen molar-refractivity contribution in [3.05, 3.63) is 108 Å². The van der Waals surface area contributed by atoms with Gasteiger partial charge in [-0.1, -0.05) is 104 Å². The molecule has 0 unspecified atom stereocenters. The number of benzene rings is 3. The molecule has 32 heavy (non-hydrogen) atoms. The number of hydrogen-bond donors (Lipinski definition) is 0. The lowest BCUT2D eigenvalue weighted by Gasteiger charge is -2.38. The smallest absolute Gasteiger partial charge is 0.343 e. The van der Waals surface area contributed by atoms with Gasteiger partial charge in [-0.25, -0.2) is 4.79 Å². The van der Waals surface area contributed by atoms with Crippen LogP contribution in [0.4, 0.5) is 0 Å². The van der Waals surface area contributed by atoms with Crippen LogP contribution in [0.3, 0.4) is 0 Å². The molecule has 1 saturated heterocycles. The van der Waals surface area contributed by atoms with E-state index in [0.717, 1.165) is 5.56 Å². The van der Waals surface area contributed by atoms with Gasteiger partial charge in [0.2, 0.25) is 0 Å². The van der Waals surface area contributed by atoms with E-state index >= 15 is 0 Å². The minimum atomic E-state index is -2.00. The monoisotopic (exact) mass is 444 g/mol. The molecule has 1 fully saturated rings. The molecule has 1 aliphatic rings. The Kier molecular flexibility index (Phi) is 6.63. The average molecular weight is 445 g/mol. The predicted molar refractivity (Wildman–Crippen MR) is 131 cm³/mol. The van der Waals surface area contributed by atoms with Gasteiger partial charge in [-0.05, 0) is 35.6 Å². The molecule has 0 spiro atoms. The fourth-order valence-electron chi connectivity index (χ4n) is 5.18. The van der Waals surface area contributed by atoms with Crippen LogP contribution in [0.2, 0.25) is 18.6 Å². The Morgan fingerprint density at radius 2 is 1.44 bits per heavy atom. The molecule has 1 heterocycles. The molecule has 0 N–H and O–H groups in total. The van der Waals surface area contributed by atoms with Crippen molar-refractivity contribution in [3.8, 4) is 0 Å². The van der Waals surface area contributed by atoms with Crippen LogP contribution in [0.25, 0.3) is 0 Å². The minimum absolute atomic E-state index is 0.269. The van der Waals surface area contributed by atoms with E-state index in [2.05, 4.69) is 73.8 Å². The van der Waals surface area contributed by atoms with Crippen LogP contribution in [0, 0.1) is 0 Å². The highest BCUT2D eigenvalue weighted by Crippen LogP contribution is 2.51. The van der Waals surface area contributed by atoms with E-state index in [-0.39, 0.29) is 5.97 Å². The number of carbonyl (C=O) groups is 1. The van der Waals surface area contributed by atoms with Gasteiger partial charge in [0.1, 0.15) is 0 Å². The summed E-state index contributed by atoms with van der Waals surface area (Å²) >= 11 is 0. The molecule has 3 nitrogen and oxygen atoms in total. The molecule has 4 rings (SSSR count). The second-order valence-corrected chi connectivity index (χ2v) is 14.2. The lowest BCUT2D eigenvalue weighted by atomic mass is 9.90. The summed E-state index contributed by atoms with van der Waals surface area (Å²) in [6.45, 7) is 7.65. The molecule has 3 aromatic carbocycles. The Hall–Kier alpha value is -2.69. The van der Waals surface area contributed by atoms with E-state index in [1.807, 2.05) is 37.3 Å². The molecule has 166 valence electrons. The summed E-state index contributed by atoms with van der Waals surface area (Å²) in [4.78, 5) is 13.2. The molecule has 0 radical (unpaired) electrons. The normalized spacial score (nSPS) is 20.9. The minimum Gasteiger partial charge on any atom is -0.464 e. The molecular formula is C28H32O3Si. The van der Waals surface area contributed by atoms with E-state index in [1.54, 1.807) is 0 Å². The van der Waals surface area contributed by atoms with E-state index in [0.29, 0.717) is 30.7 Å². The number of ether oxygens (including phenoxy) is 2. The molecule has 4 heteroatoms. The van der Waals surface area contributed by atoms with Gasteiger partial charge in [0.25, 0.3) is 0 Å². The van der Waals surface area contributed by atoms with Gasteiger partial charge in [-0.15, -0.1) is 0 Å². The Labute approximate surface area is 192 Å². The number of carbonyl (C=O) groups excluding carboxylic acids is 1. The van der Waals surface area contributed by atoms with Crippen LogP contribution in [-0.2, 0) is 19.9 Å². The average Bonchev–Trinajstić information content (AvgIpc) is 3.29. The zero-order valence-electron chi connectivity index (χ0n) is 19.2. The van der Waals surface area contributed by atoms with Crippen molar-refractivity contribution < 1.29 is 14.3 Å². The third-order valence-electron chi connectivity index (χ3n) is 6.97. The van der Waals surface area contributed by atoms with Crippen LogP contribution in [0.5, 0.6) is 0 Å². The van der Waals surface area contributed by atoms with Gasteiger partial charge in [-0.3, -0.25) is 0 Å². The van der Waals surface area contributed by atoms with E-state index < -0.39 is 13.7 Å². The van der Waals surface area contributed by atoms with Crippen molar-refractivity contribution in [2.75, 3.05) is 13.2 Å². The number of hydrogen-bond acceptors (Lipinski definition) is 3. The highest BCUT2D eigenvalue weighted by Gasteiger charge is 2.55. The summed E-state index contributed by atoms with van der Waals surface area (Å²) in [6.07, 6.45) is 0.658. The summed E-state index contributed by atoms with van der Waals surface area (Å²) < 4.78 is 11.9. The highest BCUT2D eigenvalue weighted by atomic mass is 28.3. The van der Waals surface area contributed by atoms with Crippen LogP contribution >= 0.6 is 0 Å². The summed E-state index contributed by atoms with van der Waals surface area (Å²) in [6, 6.07) is 31.4. The SMILES string of the molecule is CCOC(=O)[C@]1(c2ccccc2)C[C@H]([Si](C)(C)C(c2ccccc2)c2ccccc2)CO1. The third kappa shape index (κ3) is 4.17. The first kappa shape index (κ1) is 22.5. The maximum Gasteiger partial charge on any atom is 0.343 e. The Bertz CT molecular complexity index is 981. The van der Waals surface area contributed by atoms with E-state index in [4.69, 9.17) is 9.47 Å². The van der Waals surface area contributed by atoms with Crippen molar-refractivity contribution in [2.24, 2.45) is 0 Å². The lowest BCUT2D eigenvalue weighted by molar-refractivity contribution is -0.168. The van der Waals surface area contributed by atoms with Gasteiger partial charge >= 0.3 is 5.97 Å². The molecule has 0 aliphatic carbocycles. The van der Waals surface area contributed by atoms with Crippen molar-refractivity contribution in [3.63, 3.8) is 0 Å². The van der Waals surface area contributed by atoms with Gasteiger partial charge in [0.05, 0.1) is 14.7 Å². The summed E-state index contributed by atoms with van der Waals surface area (Å²) in [7, 11) is -2.00. The Morgan fingerprint density at radius 1 is 0.938 bits per heavy atom. The van der Waals surface area contributed by atoms with Gasteiger partial charge in [0, 0.05) is 12.1 Å². The van der Waals surface area contributed by atoms with Crippen molar-refractivity contribution >= 4 is 14.0 Å². The Balaban J connectivity index is 1.73. The number of rotatable bonds is 7. The van der Waals surface area contributed by atoms with Crippen LogP contribution in [-0.4, -0.2) is 27.3 Å². The first-order valence-corrected chi connectivity index (χ1v) is 14.6. The molecule has 1 aliphatic heterocycles. The van der Waals surface area contributed by atoms with Crippen LogP contribution < -0.4 is 0 Å². The summed E-state index contributed by atoms with van der Waals surface area (Å²) in [5.74, 6) is -0.269. The Morgan fingerprint density at radius 3 is 1.94 bits per heavy atom. The van der Waals surface area contributed by atoms with Crippen molar-refractivity contribution in [1.82, 2.24) is 0 Å². The second-order valence-electron chi connectivity index (χ2n) is 9.20.